The smallest absolute Gasteiger partial charge is 0.120 e. The number of aromatic nitrogens is 2. The van der Waals surface area contributed by atoms with E-state index in [9.17, 15) is 0 Å². The molecule has 1 saturated carbocycles. The minimum Gasteiger partial charge on any atom is -0.490 e. The molecule has 2 aromatic rings. The summed E-state index contributed by atoms with van der Waals surface area (Å²) < 4.78 is 6.19. The summed E-state index contributed by atoms with van der Waals surface area (Å²) in [4.78, 5) is 0. The molecular formula is C17H25N3O. The van der Waals surface area contributed by atoms with E-state index in [1.807, 2.05) is 18.3 Å². The first kappa shape index (κ1) is 14.4. The van der Waals surface area contributed by atoms with Gasteiger partial charge in [-0.05, 0) is 56.8 Å². The summed E-state index contributed by atoms with van der Waals surface area (Å²) in [5, 5.41) is 11.8. The highest BCUT2D eigenvalue weighted by Gasteiger charge is 2.22. The average molecular weight is 287 g/mol. The molecule has 1 aromatic heterocycles. The van der Waals surface area contributed by atoms with Crippen LogP contribution >= 0.6 is 0 Å². The van der Waals surface area contributed by atoms with Crippen LogP contribution in [0.15, 0.2) is 24.4 Å². The second kappa shape index (κ2) is 6.94. The van der Waals surface area contributed by atoms with E-state index in [4.69, 9.17) is 4.74 Å². The van der Waals surface area contributed by atoms with Crippen molar-refractivity contribution in [1.82, 2.24) is 15.5 Å². The molecule has 1 aliphatic rings. The SMILES string of the molecule is CCCCN[C@@H]1CCC[C@@H](Oc2ccc3[nH]ncc3c2)C1. The van der Waals surface area contributed by atoms with Gasteiger partial charge in [0, 0.05) is 11.4 Å². The van der Waals surface area contributed by atoms with Crippen molar-refractivity contribution < 1.29 is 4.74 Å². The number of hydrogen-bond donors (Lipinski definition) is 2. The number of fused-ring (bicyclic) bond motifs is 1. The first-order valence-corrected chi connectivity index (χ1v) is 8.18. The largest absolute Gasteiger partial charge is 0.490 e. The molecule has 1 fully saturated rings. The number of nitrogens with zero attached hydrogens (tertiary/aromatic N) is 1. The van der Waals surface area contributed by atoms with E-state index < -0.39 is 0 Å². The highest BCUT2D eigenvalue weighted by Crippen LogP contribution is 2.26. The van der Waals surface area contributed by atoms with E-state index in [0.717, 1.165) is 36.0 Å². The monoisotopic (exact) mass is 287 g/mol. The van der Waals surface area contributed by atoms with Gasteiger partial charge in [0.25, 0.3) is 0 Å². The highest BCUT2D eigenvalue weighted by atomic mass is 16.5. The summed E-state index contributed by atoms with van der Waals surface area (Å²) in [6, 6.07) is 6.77. The van der Waals surface area contributed by atoms with Crippen molar-refractivity contribution in [1.29, 1.82) is 0 Å². The zero-order valence-corrected chi connectivity index (χ0v) is 12.8. The molecule has 0 spiro atoms. The molecular weight excluding hydrogens is 262 g/mol. The molecule has 4 nitrogen and oxygen atoms in total. The molecule has 2 atom stereocenters. The Balaban J connectivity index is 1.56. The molecule has 0 radical (unpaired) electrons. The third-order valence-corrected chi connectivity index (χ3v) is 4.30. The zero-order valence-electron chi connectivity index (χ0n) is 12.8. The molecule has 1 aromatic carbocycles. The van der Waals surface area contributed by atoms with Crippen LogP contribution in [0.1, 0.15) is 45.4 Å². The van der Waals surface area contributed by atoms with Crippen LogP contribution in [0.5, 0.6) is 5.75 Å². The molecule has 0 amide bonds. The van der Waals surface area contributed by atoms with Gasteiger partial charge in [-0.25, -0.2) is 0 Å². The van der Waals surface area contributed by atoms with Crippen LogP contribution in [0.3, 0.4) is 0 Å². The van der Waals surface area contributed by atoms with Gasteiger partial charge in [-0.1, -0.05) is 13.3 Å². The summed E-state index contributed by atoms with van der Waals surface area (Å²) in [5.41, 5.74) is 1.06. The molecule has 0 aliphatic heterocycles. The maximum atomic E-state index is 6.19. The molecule has 0 bridgehead atoms. The normalized spacial score (nSPS) is 22.5. The Morgan fingerprint density at radius 3 is 3.24 bits per heavy atom. The maximum absolute atomic E-state index is 6.19. The number of nitrogens with one attached hydrogen (secondary N) is 2. The highest BCUT2D eigenvalue weighted by molar-refractivity contribution is 5.79. The van der Waals surface area contributed by atoms with Crippen LogP contribution in [-0.2, 0) is 0 Å². The summed E-state index contributed by atoms with van der Waals surface area (Å²) in [6.07, 6.45) is 9.51. The molecule has 1 aliphatic carbocycles. The number of H-pyrrole nitrogens is 1. The van der Waals surface area contributed by atoms with Gasteiger partial charge in [0.05, 0.1) is 11.7 Å². The number of ether oxygens (including phenoxy) is 1. The van der Waals surface area contributed by atoms with Crippen LogP contribution in [-0.4, -0.2) is 28.9 Å². The lowest BCUT2D eigenvalue weighted by molar-refractivity contribution is 0.135. The second-order valence-electron chi connectivity index (χ2n) is 6.03. The van der Waals surface area contributed by atoms with Crippen LogP contribution in [0.25, 0.3) is 10.9 Å². The fourth-order valence-electron chi connectivity index (χ4n) is 3.11. The fourth-order valence-corrected chi connectivity index (χ4v) is 3.11. The first-order chi connectivity index (χ1) is 10.3. The van der Waals surface area contributed by atoms with Gasteiger partial charge in [-0.15, -0.1) is 0 Å². The molecule has 21 heavy (non-hydrogen) atoms. The predicted octanol–water partition coefficient (Wildman–Crippen LogP) is 3.64. The van der Waals surface area contributed by atoms with Crippen LogP contribution in [0, 0.1) is 0 Å². The van der Waals surface area contributed by atoms with E-state index in [2.05, 4.69) is 28.5 Å². The number of unbranched alkanes of at least 4 members (excludes halogenated alkanes) is 1. The van der Waals surface area contributed by atoms with E-state index in [1.54, 1.807) is 0 Å². The van der Waals surface area contributed by atoms with Crippen molar-refractivity contribution in [2.24, 2.45) is 0 Å². The third-order valence-electron chi connectivity index (χ3n) is 4.30. The second-order valence-corrected chi connectivity index (χ2v) is 6.03. The minimum atomic E-state index is 0.335. The standard InChI is InChI=1S/C17H25N3O/c1-2-3-9-18-14-5-4-6-15(11-14)21-16-7-8-17-13(10-16)12-19-20-17/h7-8,10,12,14-15,18H,2-6,9,11H2,1H3,(H,19,20)/t14-,15-/m1/s1. The van der Waals surface area contributed by atoms with Crippen LogP contribution < -0.4 is 10.1 Å². The lowest BCUT2D eigenvalue weighted by atomic mass is 9.92. The molecule has 0 unspecified atom stereocenters. The number of benzene rings is 1. The van der Waals surface area contributed by atoms with Gasteiger partial charge in [-0.2, -0.15) is 5.10 Å². The van der Waals surface area contributed by atoms with E-state index in [1.165, 1.54) is 25.7 Å². The van der Waals surface area contributed by atoms with E-state index in [-0.39, 0.29) is 0 Å². The molecule has 2 N–H and O–H groups in total. The van der Waals surface area contributed by atoms with Gasteiger partial charge in [0.15, 0.2) is 0 Å². The molecule has 3 rings (SSSR count). The minimum absolute atomic E-state index is 0.335. The van der Waals surface area contributed by atoms with Crippen molar-refractivity contribution in [2.75, 3.05) is 6.54 Å². The maximum Gasteiger partial charge on any atom is 0.120 e. The Labute approximate surface area is 126 Å². The summed E-state index contributed by atoms with van der Waals surface area (Å²) >= 11 is 0. The number of hydrogen-bond acceptors (Lipinski definition) is 3. The van der Waals surface area contributed by atoms with Crippen molar-refractivity contribution in [3.8, 4) is 5.75 Å². The topological polar surface area (TPSA) is 49.9 Å². The first-order valence-electron chi connectivity index (χ1n) is 8.18. The Bertz CT molecular complexity index is 566. The van der Waals surface area contributed by atoms with Gasteiger partial charge < -0.3 is 10.1 Å². The van der Waals surface area contributed by atoms with Crippen molar-refractivity contribution in [3.63, 3.8) is 0 Å². The molecule has 1 heterocycles. The summed E-state index contributed by atoms with van der Waals surface area (Å²) in [7, 11) is 0. The lowest BCUT2D eigenvalue weighted by Gasteiger charge is -2.30. The van der Waals surface area contributed by atoms with Gasteiger partial charge in [0.2, 0.25) is 0 Å². The van der Waals surface area contributed by atoms with Crippen LogP contribution in [0.4, 0.5) is 0 Å². The van der Waals surface area contributed by atoms with Crippen molar-refractivity contribution >= 4 is 10.9 Å². The number of aromatic amines is 1. The Kier molecular flexibility index (Phi) is 4.76. The van der Waals surface area contributed by atoms with E-state index >= 15 is 0 Å². The summed E-state index contributed by atoms with van der Waals surface area (Å²) in [5.74, 6) is 0.961. The van der Waals surface area contributed by atoms with Gasteiger partial charge in [0.1, 0.15) is 11.9 Å². The van der Waals surface area contributed by atoms with Crippen molar-refractivity contribution in [2.45, 2.75) is 57.6 Å². The average Bonchev–Trinajstić information content (AvgIpc) is 2.95. The van der Waals surface area contributed by atoms with Gasteiger partial charge in [-0.3, -0.25) is 5.10 Å². The van der Waals surface area contributed by atoms with E-state index in [0.29, 0.717) is 12.1 Å². The Morgan fingerprint density at radius 2 is 2.33 bits per heavy atom. The number of rotatable bonds is 6. The Morgan fingerprint density at radius 1 is 1.38 bits per heavy atom. The predicted molar refractivity (Wildman–Crippen MR) is 85.7 cm³/mol. The van der Waals surface area contributed by atoms with Crippen molar-refractivity contribution in [3.05, 3.63) is 24.4 Å². The zero-order chi connectivity index (χ0) is 14.5. The van der Waals surface area contributed by atoms with Crippen LogP contribution in [0.2, 0.25) is 0 Å². The Hall–Kier alpha value is -1.55. The molecule has 114 valence electrons. The summed E-state index contributed by atoms with van der Waals surface area (Å²) in [6.45, 7) is 3.37. The lowest BCUT2D eigenvalue weighted by Crippen LogP contribution is -2.38. The van der Waals surface area contributed by atoms with Gasteiger partial charge >= 0.3 is 0 Å². The fraction of sp³-hybridized carbons (Fsp3) is 0.588. The quantitative estimate of drug-likeness (QED) is 0.797. The molecule has 0 saturated heterocycles. The third kappa shape index (κ3) is 3.76. The molecule has 4 heteroatoms.